The highest BCUT2D eigenvalue weighted by Gasteiger charge is 2.23. The fourth-order valence-corrected chi connectivity index (χ4v) is 2.76. The normalized spacial score (nSPS) is 26.3. The zero-order valence-electron chi connectivity index (χ0n) is 10.7. The Balaban J connectivity index is 1.58. The number of hydrogen-bond donors (Lipinski definition) is 1. The molecular weight excluding hydrogens is 230 g/mol. The van der Waals surface area contributed by atoms with Crippen LogP contribution in [0.2, 0.25) is 0 Å². The Bertz CT molecular complexity index is 368. The highest BCUT2D eigenvalue weighted by atomic mass is 16.5. The average molecular weight is 251 g/mol. The summed E-state index contributed by atoms with van der Waals surface area (Å²) in [6.45, 7) is 2.98. The fraction of sp³-hybridized carbons (Fsp3) is 0.846. The van der Waals surface area contributed by atoms with Gasteiger partial charge < -0.3 is 14.6 Å². The minimum atomic E-state index is 0.289. The van der Waals surface area contributed by atoms with Crippen molar-refractivity contribution >= 4 is 0 Å². The summed E-state index contributed by atoms with van der Waals surface area (Å²) in [5, 5.41) is 7.45. The van der Waals surface area contributed by atoms with Crippen molar-refractivity contribution in [3.63, 3.8) is 0 Å². The van der Waals surface area contributed by atoms with Gasteiger partial charge in [-0.25, -0.2) is 0 Å². The fourth-order valence-electron chi connectivity index (χ4n) is 2.76. The van der Waals surface area contributed by atoms with Crippen molar-refractivity contribution in [3.8, 4) is 0 Å². The van der Waals surface area contributed by atoms with E-state index in [1.165, 1.54) is 12.8 Å². The van der Waals surface area contributed by atoms with Gasteiger partial charge in [0.25, 0.3) is 0 Å². The van der Waals surface area contributed by atoms with Gasteiger partial charge in [-0.2, -0.15) is 4.98 Å². The van der Waals surface area contributed by atoms with E-state index < -0.39 is 0 Å². The Morgan fingerprint density at radius 3 is 2.83 bits per heavy atom. The van der Waals surface area contributed by atoms with E-state index in [1.807, 2.05) is 0 Å². The lowest BCUT2D eigenvalue weighted by Gasteiger charge is -2.21. The van der Waals surface area contributed by atoms with Crippen molar-refractivity contribution in [2.24, 2.45) is 0 Å². The number of nitrogens with one attached hydrogen (secondary N) is 1. The zero-order valence-corrected chi connectivity index (χ0v) is 10.7. The molecule has 3 heterocycles. The van der Waals surface area contributed by atoms with Crippen molar-refractivity contribution in [2.45, 2.75) is 50.5 Å². The van der Waals surface area contributed by atoms with Gasteiger partial charge in [0.2, 0.25) is 5.89 Å². The van der Waals surface area contributed by atoms with E-state index in [-0.39, 0.29) is 6.10 Å². The largest absolute Gasteiger partial charge is 0.378 e. The van der Waals surface area contributed by atoms with Gasteiger partial charge >= 0.3 is 0 Å². The quantitative estimate of drug-likeness (QED) is 0.885. The van der Waals surface area contributed by atoms with Gasteiger partial charge in [0.05, 0.1) is 6.10 Å². The molecule has 0 radical (unpaired) electrons. The molecule has 100 valence electrons. The first-order valence-electron chi connectivity index (χ1n) is 7.06. The first-order chi connectivity index (χ1) is 8.92. The average Bonchev–Trinajstić information content (AvgIpc) is 2.89. The minimum absolute atomic E-state index is 0.289. The molecule has 1 unspecified atom stereocenters. The van der Waals surface area contributed by atoms with Crippen LogP contribution < -0.4 is 5.32 Å². The number of piperidine rings is 1. The number of aromatic nitrogens is 2. The lowest BCUT2D eigenvalue weighted by molar-refractivity contribution is 0.0153. The molecule has 0 aromatic carbocycles. The molecule has 5 heteroatoms. The molecule has 2 saturated heterocycles. The highest BCUT2D eigenvalue weighted by Crippen LogP contribution is 2.24. The summed E-state index contributed by atoms with van der Waals surface area (Å²) in [6, 6.07) is 0. The number of nitrogens with zero attached hydrogens (tertiary/aromatic N) is 2. The standard InChI is InChI=1S/C13H21N3O2/c1-2-8-17-11(3-1)9-12-15-13(18-16-12)10-4-6-14-7-5-10/h10-11,14H,1-9H2. The summed E-state index contributed by atoms with van der Waals surface area (Å²) in [4.78, 5) is 4.54. The van der Waals surface area contributed by atoms with Crippen molar-refractivity contribution in [1.29, 1.82) is 0 Å². The molecule has 2 aliphatic heterocycles. The third-order valence-corrected chi connectivity index (χ3v) is 3.86. The Hall–Kier alpha value is -0.940. The maximum atomic E-state index is 5.70. The molecule has 5 nitrogen and oxygen atoms in total. The lowest BCUT2D eigenvalue weighted by atomic mass is 9.98. The summed E-state index contributed by atoms with van der Waals surface area (Å²) in [7, 11) is 0. The molecule has 3 rings (SSSR count). The highest BCUT2D eigenvalue weighted by molar-refractivity contribution is 4.97. The minimum Gasteiger partial charge on any atom is -0.378 e. The van der Waals surface area contributed by atoms with Gasteiger partial charge in [-0.15, -0.1) is 0 Å². The van der Waals surface area contributed by atoms with E-state index in [1.54, 1.807) is 0 Å². The third-order valence-electron chi connectivity index (χ3n) is 3.86. The lowest BCUT2D eigenvalue weighted by Crippen LogP contribution is -2.26. The van der Waals surface area contributed by atoms with E-state index in [4.69, 9.17) is 9.26 Å². The second kappa shape index (κ2) is 5.80. The van der Waals surface area contributed by atoms with Gasteiger partial charge in [-0.3, -0.25) is 0 Å². The molecule has 18 heavy (non-hydrogen) atoms. The first-order valence-corrected chi connectivity index (χ1v) is 7.06. The van der Waals surface area contributed by atoms with Crippen molar-refractivity contribution in [1.82, 2.24) is 15.5 Å². The van der Waals surface area contributed by atoms with E-state index in [2.05, 4.69) is 15.5 Å². The van der Waals surface area contributed by atoms with Crippen molar-refractivity contribution in [2.75, 3.05) is 19.7 Å². The molecule has 0 bridgehead atoms. The van der Waals surface area contributed by atoms with Crippen LogP contribution in [0.15, 0.2) is 4.52 Å². The van der Waals surface area contributed by atoms with Gasteiger partial charge in [0.1, 0.15) is 0 Å². The molecule has 2 fully saturated rings. The maximum absolute atomic E-state index is 5.70. The molecule has 0 aliphatic carbocycles. The van der Waals surface area contributed by atoms with Crippen LogP contribution in [0.3, 0.4) is 0 Å². The van der Waals surface area contributed by atoms with Crippen LogP contribution in [-0.4, -0.2) is 35.9 Å². The smallest absolute Gasteiger partial charge is 0.229 e. The van der Waals surface area contributed by atoms with Crippen LogP contribution in [0.5, 0.6) is 0 Å². The SMILES string of the molecule is C1CCC(Cc2noc(C3CCNCC3)n2)OC1. The van der Waals surface area contributed by atoms with Crippen LogP contribution in [0.4, 0.5) is 0 Å². The molecule has 0 spiro atoms. The van der Waals surface area contributed by atoms with Gasteiger partial charge in [0.15, 0.2) is 5.82 Å². The molecule has 1 atom stereocenters. The second-order valence-corrected chi connectivity index (χ2v) is 5.27. The molecule has 1 aromatic rings. The third kappa shape index (κ3) is 2.90. The number of ether oxygens (including phenoxy) is 1. The molecule has 1 N–H and O–H groups in total. The zero-order chi connectivity index (χ0) is 12.2. The summed E-state index contributed by atoms with van der Waals surface area (Å²) < 4.78 is 11.1. The van der Waals surface area contributed by atoms with Crippen LogP contribution in [0.1, 0.15) is 49.7 Å². The van der Waals surface area contributed by atoms with E-state index >= 15 is 0 Å². The molecular formula is C13H21N3O2. The Labute approximate surface area is 107 Å². The topological polar surface area (TPSA) is 60.2 Å². The summed E-state index contributed by atoms with van der Waals surface area (Å²) in [5.41, 5.74) is 0. The second-order valence-electron chi connectivity index (χ2n) is 5.27. The van der Waals surface area contributed by atoms with Crippen LogP contribution in [0.25, 0.3) is 0 Å². The van der Waals surface area contributed by atoms with Crippen molar-refractivity contribution < 1.29 is 9.26 Å². The van der Waals surface area contributed by atoms with Crippen molar-refractivity contribution in [3.05, 3.63) is 11.7 Å². The predicted molar refractivity (Wildman–Crippen MR) is 66.4 cm³/mol. The van der Waals surface area contributed by atoms with Crippen LogP contribution >= 0.6 is 0 Å². The molecule has 1 aromatic heterocycles. The maximum Gasteiger partial charge on any atom is 0.229 e. The summed E-state index contributed by atoms with van der Waals surface area (Å²) in [5.74, 6) is 2.08. The monoisotopic (exact) mass is 251 g/mol. The van der Waals surface area contributed by atoms with Crippen LogP contribution in [0, 0.1) is 0 Å². The first kappa shape index (κ1) is 12.1. The molecule has 2 aliphatic rings. The Kier molecular flexibility index (Phi) is 3.90. The van der Waals surface area contributed by atoms with E-state index in [9.17, 15) is 0 Å². The van der Waals surface area contributed by atoms with Crippen LogP contribution in [-0.2, 0) is 11.2 Å². The number of hydrogen-bond acceptors (Lipinski definition) is 5. The predicted octanol–water partition coefficient (Wildman–Crippen LogP) is 1.65. The molecule has 0 saturated carbocycles. The van der Waals surface area contributed by atoms with Gasteiger partial charge in [-0.05, 0) is 45.2 Å². The Morgan fingerprint density at radius 2 is 2.06 bits per heavy atom. The van der Waals surface area contributed by atoms with Gasteiger partial charge in [0, 0.05) is 18.9 Å². The number of rotatable bonds is 3. The van der Waals surface area contributed by atoms with E-state index in [0.717, 1.165) is 57.1 Å². The summed E-state index contributed by atoms with van der Waals surface area (Å²) in [6.07, 6.45) is 6.85. The Morgan fingerprint density at radius 1 is 1.17 bits per heavy atom. The molecule has 0 amide bonds. The summed E-state index contributed by atoms with van der Waals surface area (Å²) >= 11 is 0. The van der Waals surface area contributed by atoms with E-state index in [0.29, 0.717) is 5.92 Å². The van der Waals surface area contributed by atoms with Gasteiger partial charge in [-0.1, -0.05) is 5.16 Å².